The third-order valence-corrected chi connectivity index (χ3v) is 4.89. The van der Waals surface area contributed by atoms with Crippen LogP contribution in [-0.4, -0.2) is 56.1 Å². The predicted octanol–water partition coefficient (Wildman–Crippen LogP) is 1.34. The number of aliphatic hydroxyl groups is 1. The van der Waals surface area contributed by atoms with Crippen molar-refractivity contribution in [2.75, 3.05) is 13.7 Å². The number of aromatic nitrogens is 3. The fraction of sp³-hybridized carbons (Fsp3) is 0.471. The van der Waals surface area contributed by atoms with Gasteiger partial charge in [0.1, 0.15) is 11.9 Å². The molecule has 2 heterocycles. The summed E-state index contributed by atoms with van der Waals surface area (Å²) in [4.78, 5) is 13.8. The number of nitrogens with zero attached hydrogens (tertiary/aromatic N) is 4. The first-order valence-corrected chi connectivity index (χ1v) is 8.58. The number of esters is 1. The van der Waals surface area contributed by atoms with Crippen molar-refractivity contribution in [3.63, 3.8) is 0 Å². The minimum absolute atomic E-state index is 0.344. The Balaban J connectivity index is 1.81. The highest BCUT2D eigenvalue weighted by Crippen LogP contribution is 2.20. The second-order valence-electron chi connectivity index (χ2n) is 6.24. The van der Waals surface area contributed by atoms with Crippen LogP contribution in [0.5, 0.6) is 0 Å². The monoisotopic (exact) mass is 362 g/mol. The average Bonchev–Trinajstić information content (AvgIpc) is 3.10. The fourth-order valence-electron chi connectivity index (χ4n) is 3.18. The maximum absolute atomic E-state index is 11.9. The first-order valence-electron chi connectivity index (χ1n) is 8.17. The molecule has 25 heavy (non-hydrogen) atoms. The van der Waals surface area contributed by atoms with Crippen LogP contribution in [0.15, 0.2) is 30.3 Å². The molecule has 1 aliphatic rings. The SMILES string of the molecule is COC(=O)[C@@H]1C[C@H](O)CN1Cn1nc(C)n(Cc2ccccc2)c1=S. The molecule has 7 nitrogen and oxygen atoms in total. The van der Waals surface area contributed by atoms with Gasteiger partial charge in [0.15, 0.2) is 4.77 Å². The Hall–Kier alpha value is -2.03. The second kappa shape index (κ2) is 7.47. The van der Waals surface area contributed by atoms with Gasteiger partial charge in [-0.1, -0.05) is 30.3 Å². The molecule has 2 aromatic rings. The van der Waals surface area contributed by atoms with Crippen LogP contribution < -0.4 is 0 Å². The van der Waals surface area contributed by atoms with Gasteiger partial charge in [0, 0.05) is 13.0 Å². The molecular weight excluding hydrogens is 340 g/mol. The normalized spacial score (nSPS) is 20.8. The number of methoxy groups -OCH3 is 1. The summed E-state index contributed by atoms with van der Waals surface area (Å²) in [6, 6.07) is 9.58. The smallest absolute Gasteiger partial charge is 0.323 e. The van der Waals surface area contributed by atoms with Crippen molar-refractivity contribution >= 4 is 18.2 Å². The third-order valence-electron chi connectivity index (χ3n) is 4.46. The van der Waals surface area contributed by atoms with Crippen LogP contribution in [0.1, 0.15) is 17.8 Å². The van der Waals surface area contributed by atoms with E-state index in [9.17, 15) is 9.90 Å². The molecule has 0 amide bonds. The first kappa shape index (κ1) is 17.8. The molecule has 0 bridgehead atoms. The molecule has 8 heteroatoms. The van der Waals surface area contributed by atoms with Gasteiger partial charge in [-0.3, -0.25) is 14.3 Å². The molecule has 1 saturated heterocycles. The number of aryl methyl sites for hydroxylation is 1. The largest absolute Gasteiger partial charge is 0.468 e. The van der Waals surface area contributed by atoms with Crippen LogP contribution >= 0.6 is 12.2 Å². The van der Waals surface area contributed by atoms with E-state index in [1.54, 1.807) is 4.68 Å². The van der Waals surface area contributed by atoms with Gasteiger partial charge < -0.3 is 9.84 Å². The number of benzene rings is 1. The van der Waals surface area contributed by atoms with Crippen LogP contribution in [0.2, 0.25) is 0 Å². The third kappa shape index (κ3) is 3.81. The lowest BCUT2D eigenvalue weighted by Gasteiger charge is -2.21. The van der Waals surface area contributed by atoms with E-state index in [0.29, 0.717) is 31.0 Å². The Labute approximate surface area is 151 Å². The van der Waals surface area contributed by atoms with Gasteiger partial charge in [0.2, 0.25) is 0 Å². The number of likely N-dealkylation sites (tertiary alicyclic amines) is 1. The summed E-state index contributed by atoms with van der Waals surface area (Å²) >= 11 is 5.57. The molecule has 0 aliphatic carbocycles. The second-order valence-corrected chi connectivity index (χ2v) is 6.61. The summed E-state index contributed by atoms with van der Waals surface area (Å²) in [5.74, 6) is 0.465. The molecule has 134 valence electrons. The highest BCUT2D eigenvalue weighted by molar-refractivity contribution is 7.71. The van der Waals surface area contributed by atoms with Gasteiger partial charge in [-0.15, -0.1) is 0 Å². The zero-order valence-electron chi connectivity index (χ0n) is 14.3. The van der Waals surface area contributed by atoms with Crippen LogP contribution in [0.4, 0.5) is 0 Å². The summed E-state index contributed by atoms with van der Waals surface area (Å²) < 4.78 is 9.08. The standard InChI is InChI=1S/C17H22N4O3S/c1-12-18-21(11-19-10-14(22)8-15(19)16(23)24-2)17(25)20(12)9-13-6-4-3-5-7-13/h3-7,14-15,22H,8-11H2,1-2H3/t14-,15-/m0/s1. The molecule has 0 unspecified atom stereocenters. The van der Waals surface area contributed by atoms with Crippen LogP contribution in [0, 0.1) is 11.7 Å². The predicted molar refractivity (Wildman–Crippen MR) is 94.5 cm³/mol. The molecule has 2 atom stereocenters. The van der Waals surface area contributed by atoms with E-state index in [4.69, 9.17) is 17.0 Å². The summed E-state index contributed by atoms with van der Waals surface area (Å²) in [5.41, 5.74) is 1.14. The molecule has 1 aliphatic heterocycles. The van der Waals surface area contributed by atoms with E-state index in [1.807, 2.05) is 46.7 Å². The lowest BCUT2D eigenvalue weighted by Crippen LogP contribution is -2.38. The van der Waals surface area contributed by atoms with Crippen molar-refractivity contribution in [1.29, 1.82) is 0 Å². The number of rotatable bonds is 5. The van der Waals surface area contributed by atoms with Gasteiger partial charge in [0.25, 0.3) is 0 Å². The maximum Gasteiger partial charge on any atom is 0.323 e. The van der Waals surface area contributed by atoms with Gasteiger partial charge in [-0.05, 0) is 24.7 Å². The number of β-amino-alcohol motifs (C(OH)–C–C–N with tert-alkyl or cyclic N) is 1. The van der Waals surface area contributed by atoms with Crippen LogP contribution in [-0.2, 0) is 22.7 Å². The molecule has 1 fully saturated rings. The zero-order valence-corrected chi connectivity index (χ0v) is 15.1. The quantitative estimate of drug-likeness (QED) is 0.639. The van der Waals surface area contributed by atoms with E-state index in [1.165, 1.54) is 7.11 Å². The van der Waals surface area contributed by atoms with E-state index in [0.717, 1.165) is 11.4 Å². The number of aliphatic hydroxyl groups excluding tert-OH is 1. The summed E-state index contributed by atoms with van der Waals surface area (Å²) in [6.07, 6.45) is -0.185. The van der Waals surface area contributed by atoms with E-state index < -0.39 is 12.1 Å². The van der Waals surface area contributed by atoms with Crippen molar-refractivity contribution in [1.82, 2.24) is 19.2 Å². The highest BCUT2D eigenvalue weighted by atomic mass is 32.1. The Morgan fingerprint density at radius 1 is 1.40 bits per heavy atom. The van der Waals surface area contributed by atoms with E-state index in [2.05, 4.69) is 5.10 Å². The minimum Gasteiger partial charge on any atom is -0.468 e. The van der Waals surface area contributed by atoms with Crippen molar-refractivity contribution in [3.05, 3.63) is 46.5 Å². The molecular formula is C17H22N4O3S. The molecule has 3 rings (SSSR count). The molecule has 1 aromatic heterocycles. The number of carbonyl (C=O) groups is 1. The Morgan fingerprint density at radius 3 is 2.80 bits per heavy atom. The van der Waals surface area contributed by atoms with Crippen molar-refractivity contribution in [2.45, 2.75) is 38.7 Å². The Morgan fingerprint density at radius 2 is 2.12 bits per heavy atom. The Bertz CT molecular complexity index is 802. The van der Waals surface area contributed by atoms with E-state index in [-0.39, 0.29) is 5.97 Å². The lowest BCUT2D eigenvalue weighted by atomic mass is 10.2. The van der Waals surface area contributed by atoms with Gasteiger partial charge >= 0.3 is 5.97 Å². The summed E-state index contributed by atoms with van der Waals surface area (Å²) in [7, 11) is 1.36. The highest BCUT2D eigenvalue weighted by Gasteiger charge is 2.37. The molecule has 0 radical (unpaired) electrons. The van der Waals surface area contributed by atoms with Crippen molar-refractivity contribution in [2.24, 2.45) is 0 Å². The Kier molecular flexibility index (Phi) is 5.31. The van der Waals surface area contributed by atoms with Gasteiger partial charge in [0.05, 0.1) is 26.4 Å². The van der Waals surface area contributed by atoms with Crippen molar-refractivity contribution in [3.8, 4) is 0 Å². The fourth-order valence-corrected chi connectivity index (χ4v) is 3.47. The van der Waals surface area contributed by atoms with Gasteiger partial charge in [-0.25, -0.2) is 4.68 Å². The number of ether oxygens (including phenoxy) is 1. The molecule has 0 spiro atoms. The van der Waals surface area contributed by atoms with Crippen molar-refractivity contribution < 1.29 is 14.6 Å². The lowest BCUT2D eigenvalue weighted by molar-refractivity contribution is -0.146. The molecule has 1 N–H and O–H groups in total. The van der Waals surface area contributed by atoms with Gasteiger partial charge in [-0.2, -0.15) is 5.10 Å². The molecule has 0 saturated carbocycles. The zero-order chi connectivity index (χ0) is 18.0. The number of hydrogen-bond donors (Lipinski definition) is 1. The minimum atomic E-state index is -0.550. The average molecular weight is 362 g/mol. The number of carbonyl (C=O) groups excluding carboxylic acids is 1. The van der Waals surface area contributed by atoms with Crippen LogP contribution in [0.25, 0.3) is 0 Å². The van der Waals surface area contributed by atoms with E-state index >= 15 is 0 Å². The summed E-state index contributed by atoms with van der Waals surface area (Å²) in [5, 5.41) is 14.4. The van der Waals surface area contributed by atoms with Crippen LogP contribution in [0.3, 0.4) is 0 Å². The molecule has 1 aromatic carbocycles. The number of hydrogen-bond acceptors (Lipinski definition) is 6. The maximum atomic E-state index is 11.9. The first-order chi connectivity index (χ1) is 12.0. The topological polar surface area (TPSA) is 72.5 Å². The summed E-state index contributed by atoms with van der Waals surface area (Å²) in [6.45, 7) is 3.30.